The molecule has 0 aliphatic rings. The largest absolute Gasteiger partial charge is 0.301 e. The minimum absolute atomic E-state index is 0.0968. The van der Waals surface area contributed by atoms with Gasteiger partial charge in [0, 0.05) is 6.42 Å². The van der Waals surface area contributed by atoms with Crippen LogP contribution in [0.5, 0.6) is 0 Å². The van der Waals surface area contributed by atoms with Gasteiger partial charge in [-0.1, -0.05) is 38.3 Å². The lowest BCUT2D eigenvalue weighted by atomic mass is 10.1. The monoisotopic (exact) mass is 200 g/mol. The summed E-state index contributed by atoms with van der Waals surface area (Å²) in [6.45, 7) is 2.18. The van der Waals surface area contributed by atoms with E-state index in [0.717, 1.165) is 19.3 Å². The van der Waals surface area contributed by atoms with E-state index in [2.05, 4.69) is 19.1 Å². The van der Waals surface area contributed by atoms with Gasteiger partial charge in [-0.2, -0.15) is 4.39 Å². The van der Waals surface area contributed by atoms with Crippen LogP contribution in [0.15, 0.2) is 12.2 Å². The van der Waals surface area contributed by atoms with Crippen molar-refractivity contribution in [1.29, 1.82) is 0 Å². The van der Waals surface area contributed by atoms with Crippen LogP contribution in [0.4, 0.5) is 4.39 Å². The summed E-state index contributed by atoms with van der Waals surface area (Å²) in [6, 6.07) is -1.18. The van der Waals surface area contributed by atoms with E-state index < -0.39 is 6.04 Å². The molecular formula is C12H21FO. The molecule has 0 saturated heterocycles. The lowest BCUT2D eigenvalue weighted by Crippen LogP contribution is -1.86. The Bertz CT molecular complexity index is 164. The van der Waals surface area contributed by atoms with Crippen molar-refractivity contribution in [3.05, 3.63) is 12.2 Å². The molecule has 0 rings (SSSR count). The van der Waals surface area contributed by atoms with Crippen LogP contribution in [0.1, 0.15) is 58.3 Å². The molecule has 14 heavy (non-hydrogen) atoms. The molecule has 0 radical (unpaired) electrons. The third-order valence-electron chi connectivity index (χ3n) is 2.14. The second-order valence-corrected chi connectivity index (χ2v) is 3.57. The van der Waals surface area contributed by atoms with E-state index in [9.17, 15) is 9.18 Å². The van der Waals surface area contributed by atoms with Gasteiger partial charge in [-0.05, 0) is 25.7 Å². The van der Waals surface area contributed by atoms with Crippen LogP contribution in [0.2, 0.25) is 0 Å². The van der Waals surface area contributed by atoms with Crippen LogP contribution in [0.25, 0.3) is 0 Å². The molecule has 0 aromatic rings. The maximum Gasteiger partial charge on any atom is 0.301 e. The smallest absolute Gasteiger partial charge is 0.261 e. The summed E-state index contributed by atoms with van der Waals surface area (Å²) in [5, 5.41) is 0. The first kappa shape index (κ1) is 13.3. The maximum absolute atomic E-state index is 11.8. The molecule has 0 aliphatic heterocycles. The first-order valence-electron chi connectivity index (χ1n) is 5.60. The van der Waals surface area contributed by atoms with Crippen molar-refractivity contribution in [3.63, 3.8) is 0 Å². The molecule has 1 nitrogen and oxygen atoms in total. The van der Waals surface area contributed by atoms with E-state index in [-0.39, 0.29) is 6.42 Å². The summed E-state index contributed by atoms with van der Waals surface area (Å²) in [5.41, 5.74) is 0. The van der Waals surface area contributed by atoms with Crippen LogP contribution >= 0.6 is 0 Å². The van der Waals surface area contributed by atoms with Gasteiger partial charge >= 0.3 is 6.04 Å². The minimum atomic E-state index is -1.18. The van der Waals surface area contributed by atoms with Crippen molar-refractivity contribution in [2.75, 3.05) is 0 Å². The Labute approximate surface area is 86.4 Å². The molecule has 0 saturated carbocycles. The Morgan fingerprint density at radius 3 is 2.29 bits per heavy atom. The van der Waals surface area contributed by atoms with E-state index in [1.54, 1.807) is 0 Å². The maximum atomic E-state index is 11.8. The van der Waals surface area contributed by atoms with Gasteiger partial charge < -0.3 is 0 Å². The van der Waals surface area contributed by atoms with E-state index in [1.165, 1.54) is 19.3 Å². The normalized spacial score (nSPS) is 11.0. The number of unbranched alkanes of at least 4 members (excludes halogenated alkanes) is 5. The minimum Gasteiger partial charge on any atom is -0.261 e. The zero-order valence-corrected chi connectivity index (χ0v) is 9.10. The average molecular weight is 200 g/mol. The highest BCUT2D eigenvalue weighted by molar-refractivity contribution is 5.67. The van der Waals surface area contributed by atoms with Crippen molar-refractivity contribution < 1.29 is 9.18 Å². The Kier molecular flexibility index (Phi) is 9.93. The third kappa shape index (κ3) is 11.3. The van der Waals surface area contributed by atoms with Gasteiger partial charge in [0.1, 0.15) is 0 Å². The van der Waals surface area contributed by atoms with Gasteiger partial charge in [0.25, 0.3) is 0 Å². The van der Waals surface area contributed by atoms with E-state index >= 15 is 0 Å². The highest BCUT2D eigenvalue weighted by atomic mass is 19.1. The molecule has 0 aliphatic carbocycles. The molecule has 0 aromatic carbocycles. The van der Waals surface area contributed by atoms with Gasteiger partial charge in [0.05, 0.1) is 0 Å². The van der Waals surface area contributed by atoms with Gasteiger partial charge in [-0.25, -0.2) is 0 Å². The Balaban J connectivity index is 3.05. The fraction of sp³-hybridized carbons (Fsp3) is 0.750. The Hall–Kier alpha value is -0.660. The van der Waals surface area contributed by atoms with Crippen LogP contribution in [0, 0.1) is 0 Å². The molecule has 0 atom stereocenters. The number of halogens is 1. The second-order valence-electron chi connectivity index (χ2n) is 3.57. The number of rotatable bonds is 9. The lowest BCUT2D eigenvalue weighted by molar-refractivity contribution is -0.129. The summed E-state index contributed by atoms with van der Waals surface area (Å²) in [4.78, 5) is 9.97. The molecule has 0 aromatic heterocycles. The van der Waals surface area contributed by atoms with E-state index in [1.807, 2.05) is 0 Å². The molecule has 0 amide bonds. The lowest BCUT2D eigenvalue weighted by Gasteiger charge is -1.94. The highest BCUT2D eigenvalue weighted by Gasteiger charge is 1.95. The van der Waals surface area contributed by atoms with Crippen molar-refractivity contribution in [1.82, 2.24) is 0 Å². The standard InChI is InChI=1S/C12H21FO/c1-2-3-4-5-6-7-8-9-10-11-12(13)14/h5-6H,2-4,7-11H2,1H3. The predicted octanol–water partition coefficient (Wildman–Crippen LogP) is 4.18. The van der Waals surface area contributed by atoms with Gasteiger partial charge in [0.2, 0.25) is 0 Å². The number of allylic oxidation sites excluding steroid dienone is 2. The quantitative estimate of drug-likeness (QED) is 0.310. The number of carbonyl (C=O) groups is 1. The van der Waals surface area contributed by atoms with Gasteiger partial charge in [0.15, 0.2) is 0 Å². The first-order chi connectivity index (χ1) is 6.77. The average Bonchev–Trinajstić information content (AvgIpc) is 2.15. The van der Waals surface area contributed by atoms with Crippen molar-refractivity contribution >= 4 is 6.04 Å². The van der Waals surface area contributed by atoms with Crippen LogP contribution in [0.3, 0.4) is 0 Å². The molecular weight excluding hydrogens is 179 g/mol. The second kappa shape index (κ2) is 10.4. The first-order valence-corrected chi connectivity index (χ1v) is 5.60. The molecule has 2 heteroatoms. The summed E-state index contributed by atoms with van der Waals surface area (Å²) in [7, 11) is 0. The Morgan fingerprint density at radius 1 is 1.07 bits per heavy atom. The molecule has 0 fully saturated rings. The molecule has 0 heterocycles. The van der Waals surface area contributed by atoms with Crippen LogP contribution < -0.4 is 0 Å². The number of hydrogen-bond donors (Lipinski definition) is 0. The molecule has 82 valence electrons. The molecule has 0 unspecified atom stereocenters. The van der Waals surface area contributed by atoms with E-state index in [4.69, 9.17) is 0 Å². The van der Waals surface area contributed by atoms with Gasteiger partial charge in [-0.3, -0.25) is 4.79 Å². The van der Waals surface area contributed by atoms with E-state index in [0.29, 0.717) is 6.42 Å². The zero-order valence-electron chi connectivity index (χ0n) is 9.10. The Morgan fingerprint density at radius 2 is 1.71 bits per heavy atom. The number of carbonyl (C=O) groups excluding carboxylic acids is 1. The fourth-order valence-corrected chi connectivity index (χ4v) is 1.26. The number of hydrogen-bond acceptors (Lipinski definition) is 1. The molecule has 0 N–H and O–H groups in total. The van der Waals surface area contributed by atoms with Crippen molar-refractivity contribution in [2.45, 2.75) is 58.3 Å². The van der Waals surface area contributed by atoms with Crippen molar-refractivity contribution in [2.24, 2.45) is 0 Å². The summed E-state index contributed by atoms with van der Waals surface area (Å²) >= 11 is 0. The zero-order chi connectivity index (χ0) is 10.6. The summed E-state index contributed by atoms with van der Waals surface area (Å²) in [6.07, 6.45) is 11.9. The summed E-state index contributed by atoms with van der Waals surface area (Å²) in [5.74, 6) is 0. The molecule has 0 spiro atoms. The topological polar surface area (TPSA) is 17.1 Å². The fourth-order valence-electron chi connectivity index (χ4n) is 1.26. The van der Waals surface area contributed by atoms with Crippen LogP contribution in [-0.4, -0.2) is 6.04 Å². The van der Waals surface area contributed by atoms with Crippen molar-refractivity contribution in [3.8, 4) is 0 Å². The third-order valence-corrected chi connectivity index (χ3v) is 2.14. The SMILES string of the molecule is CCCCC=CCCCCCC(=O)F. The molecule has 0 bridgehead atoms. The predicted molar refractivity (Wildman–Crippen MR) is 57.9 cm³/mol. The van der Waals surface area contributed by atoms with Gasteiger partial charge in [-0.15, -0.1) is 0 Å². The van der Waals surface area contributed by atoms with Crippen LogP contribution in [-0.2, 0) is 4.79 Å². The highest BCUT2D eigenvalue weighted by Crippen LogP contribution is 2.05. The summed E-state index contributed by atoms with van der Waals surface area (Å²) < 4.78 is 11.8.